The Bertz CT molecular complexity index is 404. The zero-order valence-corrected chi connectivity index (χ0v) is 10.3. The highest BCUT2D eigenvalue weighted by Gasteiger charge is 2.23. The summed E-state index contributed by atoms with van der Waals surface area (Å²) in [5.41, 5.74) is 7.89. The van der Waals surface area contributed by atoms with Crippen LogP contribution in [-0.4, -0.2) is 19.8 Å². The molecule has 1 unspecified atom stereocenters. The summed E-state index contributed by atoms with van der Waals surface area (Å²) in [5, 5.41) is 0.783. The van der Waals surface area contributed by atoms with Crippen LogP contribution in [0.4, 0.5) is 0 Å². The summed E-state index contributed by atoms with van der Waals surface area (Å²) in [5.74, 6) is 1.55. The minimum Gasteiger partial charge on any atom is -0.493 e. The molecule has 2 rings (SSSR count). The first kappa shape index (κ1) is 11.6. The molecule has 3 nitrogen and oxygen atoms in total. The molecule has 0 aromatic heterocycles. The summed E-state index contributed by atoms with van der Waals surface area (Å²) >= 11 is 6.34. The molecule has 1 atom stereocenters. The summed E-state index contributed by atoms with van der Waals surface area (Å²) in [7, 11) is 1.64. The van der Waals surface area contributed by atoms with Crippen LogP contribution < -0.4 is 15.2 Å². The van der Waals surface area contributed by atoms with Gasteiger partial charge in [-0.05, 0) is 25.0 Å². The maximum atomic E-state index is 6.34. The molecule has 0 aliphatic carbocycles. The lowest BCUT2D eigenvalue weighted by Gasteiger charge is -2.13. The molecule has 0 amide bonds. The highest BCUT2D eigenvalue weighted by molar-refractivity contribution is 6.32. The summed E-state index contributed by atoms with van der Waals surface area (Å²) in [4.78, 5) is 0. The molecule has 0 saturated heterocycles. The van der Waals surface area contributed by atoms with Crippen molar-refractivity contribution in [3.05, 3.63) is 22.2 Å². The van der Waals surface area contributed by atoms with Crippen LogP contribution >= 0.6 is 11.6 Å². The number of ether oxygens (including phenoxy) is 2. The fourth-order valence-electron chi connectivity index (χ4n) is 2.01. The van der Waals surface area contributed by atoms with Gasteiger partial charge in [0, 0.05) is 18.0 Å². The smallest absolute Gasteiger partial charge is 0.165 e. The molecule has 1 aliphatic rings. The Morgan fingerprint density at radius 1 is 1.62 bits per heavy atom. The molecule has 0 bridgehead atoms. The van der Waals surface area contributed by atoms with Gasteiger partial charge in [0.2, 0.25) is 0 Å². The van der Waals surface area contributed by atoms with E-state index in [1.165, 1.54) is 0 Å². The highest BCUT2D eigenvalue weighted by atomic mass is 35.5. The molecule has 1 aromatic rings. The Labute approximate surface area is 100 Å². The molecule has 1 heterocycles. The van der Waals surface area contributed by atoms with Gasteiger partial charge in [-0.15, -0.1) is 0 Å². The normalized spacial score (nSPS) is 15.5. The topological polar surface area (TPSA) is 44.5 Å². The predicted octanol–water partition coefficient (Wildman–Crippen LogP) is 2.17. The molecule has 0 saturated carbocycles. The summed E-state index contributed by atoms with van der Waals surface area (Å²) in [6.45, 7) is 2.64. The van der Waals surface area contributed by atoms with Gasteiger partial charge < -0.3 is 15.2 Å². The van der Waals surface area contributed by atoms with Crippen molar-refractivity contribution in [1.29, 1.82) is 0 Å². The van der Waals surface area contributed by atoms with Crippen molar-refractivity contribution in [3.8, 4) is 11.5 Å². The average molecular weight is 242 g/mol. The largest absolute Gasteiger partial charge is 0.493 e. The van der Waals surface area contributed by atoms with Gasteiger partial charge in [0.05, 0.1) is 18.7 Å². The second kappa shape index (κ2) is 4.52. The zero-order valence-electron chi connectivity index (χ0n) is 9.55. The molecule has 88 valence electrons. The first-order chi connectivity index (χ1) is 7.63. The SMILES string of the molecule is COc1cc(CC(C)N)c(Cl)c2c1OCC2. The number of fused-ring (bicyclic) bond motifs is 1. The number of hydrogen-bond donors (Lipinski definition) is 1. The van der Waals surface area contributed by atoms with E-state index in [2.05, 4.69) is 0 Å². The van der Waals surface area contributed by atoms with E-state index >= 15 is 0 Å². The van der Waals surface area contributed by atoms with Crippen LogP contribution in [0.25, 0.3) is 0 Å². The Morgan fingerprint density at radius 2 is 2.38 bits per heavy atom. The maximum Gasteiger partial charge on any atom is 0.165 e. The van der Waals surface area contributed by atoms with E-state index in [0.29, 0.717) is 6.61 Å². The van der Waals surface area contributed by atoms with E-state index in [9.17, 15) is 0 Å². The van der Waals surface area contributed by atoms with E-state index < -0.39 is 0 Å². The van der Waals surface area contributed by atoms with Crippen LogP contribution in [0.15, 0.2) is 6.07 Å². The Morgan fingerprint density at radius 3 is 3.00 bits per heavy atom. The second-order valence-electron chi connectivity index (χ2n) is 4.14. The van der Waals surface area contributed by atoms with E-state index in [1.807, 2.05) is 13.0 Å². The number of rotatable bonds is 3. The molecule has 2 N–H and O–H groups in total. The minimum absolute atomic E-state index is 0.0857. The van der Waals surface area contributed by atoms with Gasteiger partial charge in [-0.25, -0.2) is 0 Å². The second-order valence-corrected chi connectivity index (χ2v) is 4.52. The minimum atomic E-state index is 0.0857. The lowest BCUT2D eigenvalue weighted by Crippen LogP contribution is -2.18. The van der Waals surface area contributed by atoms with Gasteiger partial charge in [0.25, 0.3) is 0 Å². The van der Waals surface area contributed by atoms with Crippen LogP contribution in [0.2, 0.25) is 5.02 Å². The monoisotopic (exact) mass is 241 g/mol. The average Bonchev–Trinajstić information content (AvgIpc) is 2.70. The van der Waals surface area contributed by atoms with Gasteiger partial charge in [-0.3, -0.25) is 0 Å². The van der Waals surface area contributed by atoms with Crippen molar-refractivity contribution < 1.29 is 9.47 Å². The van der Waals surface area contributed by atoms with Crippen molar-refractivity contribution in [2.75, 3.05) is 13.7 Å². The number of halogens is 1. The Kier molecular flexibility index (Phi) is 3.26. The first-order valence-corrected chi connectivity index (χ1v) is 5.78. The molecule has 1 aliphatic heterocycles. The number of nitrogens with two attached hydrogens (primary N) is 1. The van der Waals surface area contributed by atoms with Gasteiger partial charge in [0.1, 0.15) is 0 Å². The van der Waals surface area contributed by atoms with Crippen LogP contribution in [0.1, 0.15) is 18.1 Å². The number of methoxy groups -OCH3 is 1. The predicted molar refractivity (Wildman–Crippen MR) is 64.6 cm³/mol. The summed E-state index contributed by atoms with van der Waals surface area (Å²) in [6.07, 6.45) is 1.60. The zero-order chi connectivity index (χ0) is 11.7. The summed E-state index contributed by atoms with van der Waals surface area (Å²) < 4.78 is 10.8. The highest BCUT2D eigenvalue weighted by Crippen LogP contribution is 2.42. The Hall–Kier alpha value is -0.930. The van der Waals surface area contributed by atoms with Crippen molar-refractivity contribution in [1.82, 2.24) is 0 Å². The standard InChI is InChI=1S/C12H16ClNO2/c1-7(14)5-8-6-10(15-2)12-9(11(8)13)3-4-16-12/h6-7H,3-5,14H2,1-2H3. The fraction of sp³-hybridized carbons (Fsp3) is 0.500. The van der Waals surface area contributed by atoms with Crippen LogP contribution in [-0.2, 0) is 12.8 Å². The van der Waals surface area contributed by atoms with E-state index in [4.69, 9.17) is 26.8 Å². The molecular weight excluding hydrogens is 226 g/mol. The third kappa shape index (κ3) is 1.97. The van der Waals surface area contributed by atoms with Gasteiger partial charge in [-0.1, -0.05) is 11.6 Å². The molecule has 1 aromatic carbocycles. The van der Waals surface area contributed by atoms with E-state index in [-0.39, 0.29) is 6.04 Å². The molecule has 0 radical (unpaired) electrons. The summed E-state index contributed by atoms with van der Waals surface area (Å²) in [6, 6.07) is 2.01. The van der Waals surface area contributed by atoms with Crippen LogP contribution in [0.5, 0.6) is 11.5 Å². The van der Waals surface area contributed by atoms with Crippen LogP contribution in [0, 0.1) is 0 Å². The molecule has 0 fully saturated rings. The molecule has 0 spiro atoms. The van der Waals surface area contributed by atoms with Gasteiger partial charge >= 0.3 is 0 Å². The van der Waals surface area contributed by atoms with E-state index in [1.54, 1.807) is 7.11 Å². The quantitative estimate of drug-likeness (QED) is 0.882. The van der Waals surface area contributed by atoms with Crippen molar-refractivity contribution in [2.45, 2.75) is 25.8 Å². The third-order valence-corrected chi connectivity index (χ3v) is 3.18. The lowest BCUT2D eigenvalue weighted by atomic mass is 10.0. The maximum absolute atomic E-state index is 6.34. The lowest BCUT2D eigenvalue weighted by molar-refractivity contribution is 0.326. The van der Waals surface area contributed by atoms with Crippen molar-refractivity contribution in [2.24, 2.45) is 5.73 Å². The fourth-order valence-corrected chi connectivity index (χ4v) is 2.33. The first-order valence-electron chi connectivity index (χ1n) is 5.40. The van der Waals surface area contributed by atoms with Crippen molar-refractivity contribution in [3.63, 3.8) is 0 Å². The molecule has 16 heavy (non-hydrogen) atoms. The molecular formula is C12H16ClNO2. The number of benzene rings is 1. The van der Waals surface area contributed by atoms with Crippen molar-refractivity contribution >= 4 is 11.6 Å². The Balaban J connectivity index is 2.47. The molecule has 4 heteroatoms. The number of hydrogen-bond acceptors (Lipinski definition) is 3. The van der Waals surface area contributed by atoms with Crippen LogP contribution in [0.3, 0.4) is 0 Å². The third-order valence-electron chi connectivity index (χ3n) is 2.71. The van der Waals surface area contributed by atoms with Gasteiger partial charge in [0.15, 0.2) is 11.5 Å². The van der Waals surface area contributed by atoms with E-state index in [0.717, 1.165) is 40.5 Å². The van der Waals surface area contributed by atoms with Gasteiger partial charge in [-0.2, -0.15) is 0 Å².